The monoisotopic (exact) mass is 168 g/mol. The Bertz CT molecular complexity index is 182. The maximum absolute atomic E-state index is 8.09. The van der Waals surface area contributed by atoms with Gasteiger partial charge in [-0.3, -0.25) is 0 Å². The quantitative estimate of drug-likeness (QED) is 0.251. The molecule has 0 saturated heterocycles. The average molecular weight is 168 g/mol. The molecule has 0 bridgehead atoms. The van der Waals surface area contributed by atoms with Gasteiger partial charge in [0, 0.05) is 9.82 Å². The van der Waals surface area contributed by atoms with Crippen molar-refractivity contribution in [1.29, 1.82) is 0 Å². The summed E-state index contributed by atoms with van der Waals surface area (Å²) in [4.78, 5) is 5.19. The molecule has 0 rings (SSSR count). The molecule has 12 heavy (non-hydrogen) atoms. The first kappa shape index (κ1) is 10.6. The van der Waals surface area contributed by atoms with Gasteiger partial charge in [0.2, 0.25) is 0 Å². The Hall–Kier alpha value is -1.38. The largest absolute Gasteiger partial charge is 0.116 e. The van der Waals surface area contributed by atoms with Crippen molar-refractivity contribution in [3.63, 3.8) is 0 Å². The summed E-state index contributed by atoms with van der Waals surface area (Å²) in [5, 5.41) is 6.69. The predicted molar refractivity (Wildman–Crippen MR) is 46.2 cm³/mol. The zero-order valence-electron chi connectivity index (χ0n) is 7.09. The van der Waals surface area contributed by atoms with E-state index in [1.54, 1.807) is 0 Å². The van der Waals surface area contributed by atoms with Gasteiger partial charge in [-0.2, -0.15) is 0 Å². The number of rotatable bonds is 6. The van der Waals surface area contributed by atoms with Crippen LogP contribution < -0.4 is 0 Å². The highest BCUT2D eigenvalue weighted by Crippen LogP contribution is 2.07. The van der Waals surface area contributed by atoms with Gasteiger partial charge in [0.15, 0.2) is 0 Å². The van der Waals surface area contributed by atoms with Crippen LogP contribution in [0.4, 0.5) is 0 Å². The SMILES string of the molecule is CCCCCC(N=[N+]=[N-])N=[N+]=[N-]. The molecule has 0 aliphatic rings. The van der Waals surface area contributed by atoms with E-state index in [1.807, 2.05) is 0 Å². The van der Waals surface area contributed by atoms with E-state index in [9.17, 15) is 0 Å². The summed E-state index contributed by atoms with van der Waals surface area (Å²) in [6, 6.07) is 0. The Kier molecular flexibility index (Phi) is 6.84. The first-order chi connectivity index (χ1) is 5.85. The van der Waals surface area contributed by atoms with Gasteiger partial charge in [-0.25, -0.2) is 0 Å². The summed E-state index contributed by atoms with van der Waals surface area (Å²) >= 11 is 0. The molecule has 6 nitrogen and oxygen atoms in total. The summed E-state index contributed by atoms with van der Waals surface area (Å²) in [6.07, 6.45) is 3.19. The molecule has 6 heteroatoms. The van der Waals surface area contributed by atoms with E-state index in [2.05, 4.69) is 27.0 Å². The number of hydrogen-bond acceptors (Lipinski definition) is 2. The fourth-order valence-corrected chi connectivity index (χ4v) is 0.835. The third-order valence-electron chi connectivity index (χ3n) is 1.44. The second kappa shape index (κ2) is 7.72. The standard InChI is InChI=1S/C6H12N6/c1-2-3-4-5-6(9-11-7)10-12-8/h6H,2-5H2,1H3. The molecule has 66 valence electrons. The van der Waals surface area contributed by atoms with Crippen molar-refractivity contribution in [2.45, 2.75) is 38.8 Å². The lowest BCUT2D eigenvalue weighted by Gasteiger charge is -2.01. The molecule has 0 heterocycles. The van der Waals surface area contributed by atoms with Crippen molar-refractivity contribution >= 4 is 0 Å². The highest BCUT2D eigenvalue weighted by atomic mass is 15.3. The molecule has 0 aromatic heterocycles. The lowest BCUT2D eigenvalue weighted by Crippen LogP contribution is -1.96. The minimum absolute atomic E-state index is 0.549. The minimum Gasteiger partial charge on any atom is -0.0846 e. The van der Waals surface area contributed by atoms with Crippen LogP contribution >= 0.6 is 0 Å². The normalized spacial score (nSPS) is 11.1. The second-order valence-corrected chi connectivity index (χ2v) is 2.39. The molecular weight excluding hydrogens is 156 g/mol. The minimum atomic E-state index is -0.549. The topological polar surface area (TPSA) is 97.5 Å². The molecular formula is C6H12N6. The Labute approximate surface area is 70.8 Å². The molecule has 0 aliphatic heterocycles. The molecule has 0 aliphatic carbocycles. The Morgan fingerprint density at radius 3 is 2.17 bits per heavy atom. The van der Waals surface area contributed by atoms with Crippen LogP contribution in [-0.4, -0.2) is 6.17 Å². The number of nitrogens with zero attached hydrogens (tertiary/aromatic N) is 6. The zero-order chi connectivity index (χ0) is 9.23. The zero-order valence-corrected chi connectivity index (χ0v) is 7.09. The third-order valence-corrected chi connectivity index (χ3v) is 1.44. The van der Waals surface area contributed by atoms with E-state index in [0.717, 1.165) is 19.3 Å². The summed E-state index contributed by atoms with van der Waals surface area (Å²) < 4.78 is 0. The Morgan fingerprint density at radius 2 is 1.75 bits per heavy atom. The van der Waals surface area contributed by atoms with E-state index in [4.69, 9.17) is 11.1 Å². The van der Waals surface area contributed by atoms with Gasteiger partial charge in [-0.1, -0.05) is 36.4 Å². The molecule has 0 spiro atoms. The van der Waals surface area contributed by atoms with Crippen LogP contribution in [0.2, 0.25) is 0 Å². The number of azide groups is 1. The van der Waals surface area contributed by atoms with Crippen LogP contribution in [0.3, 0.4) is 0 Å². The number of unbranched alkanes of at least 4 members (excludes halogenated alkanes) is 2. The summed E-state index contributed by atoms with van der Waals surface area (Å²) in [6.45, 7) is 2.08. The Morgan fingerprint density at radius 1 is 1.17 bits per heavy atom. The summed E-state index contributed by atoms with van der Waals surface area (Å²) in [5.74, 6) is 0. The third kappa shape index (κ3) is 5.41. The first-order valence-electron chi connectivity index (χ1n) is 3.93. The molecule has 0 fully saturated rings. The molecule has 0 aromatic carbocycles. The highest BCUT2D eigenvalue weighted by Gasteiger charge is 2.00. The fourth-order valence-electron chi connectivity index (χ4n) is 0.835. The summed E-state index contributed by atoms with van der Waals surface area (Å²) in [5.41, 5.74) is 16.2. The molecule has 0 N–H and O–H groups in total. The van der Waals surface area contributed by atoms with Crippen LogP contribution in [0.15, 0.2) is 10.2 Å². The van der Waals surface area contributed by atoms with Crippen molar-refractivity contribution < 1.29 is 0 Å². The number of hydrogen-bond donors (Lipinski definition) is 0. The van der Waals surface area contributed by atoms with Crippen LogP contribution in [0, 0.1) is 0 Å². The van der Waals surface area contributed by atoms with Crippen LogP contribution in [0.1, 0.15) is 32.6 Å². The predicted octanol–water partition coefficient (Wildman–Crippen LogP) is 3.51. The van der Waals surface area contributed by atoms with Gasteiger partial charge >= 0.3 is 0 Å². The van der Waals surface area contributed by atoms with Gasteiger partial charge in [-0.05, 0) is 17.5 Å². The lowest BCUT2D eigenvalue weighted by molar-refractivity contribution is 0.571. The average Bonchev–Trinajstić information content (AvgIpc) is 2.06. The van der Waals surface area contributed by atoms with Gasteiger partial charge in [0.1, 0.15) is 6.17 Å². The molecule has 0 amide bonds. The molecule has 0 unspecified atom stereocenters. The maximum Gasteiger partial charge on any atom is 0.116 e. The maximum atomic E-state index is 8.09. The molecule has 0 radical (unpaired) electrons. The van der Waals surface area contributed by atoms with Gasteiger partial charge in [0.05, 0.1) is 0 Å². The van der Waals surface area contributed by atoms with Gasteiger partial charge in [-0.15, -0.1) is 0 Å². The highest BCUT2D eigenvalue weighted by molar-refractivity contribution is 4.64. The van der Waals surface area contributed by atoms with Crippen molar-refractivity contribution in [2.75, 3.05) is 0 Å². The second-order valence-electron chi connectivity index (χ2n) is 2.39. The van der Waals surface area contributed by atoms with Gasteiger partial charge < -0.3 is 0 Å². The van der Waals surface area contributed by atoms with Gasteiger partial charge in [0.25, 0.3) is 0 Å². The molecule has 0 aromatic rings. The van der Waals surface area contributed by atoms with Crippen LogP contribution in [0.5, 0.6) is 0 Å². The van der Waals surface area contributed by atoms with E-state index in [-0.39, 0.29) is 0 Å². The van der Waals surface area contributed by atoms with E-state index in [1.165, 1.54) is 0 Å². The van der Waals surface area contributed by atoms with Crippen molar-refractivity contribution in [3.05, 3.63) is 20.9 Å². The molecule has 0 atom stereocenters. The van der Waals surface area contributed by atoms with Crippen molar-refractivity contribution in [3.8, 4) is 0 Å². The van der Waals surface area contributed by atoms with Crippen molar-refractivity contribution in [1.82, 2.24) is 0 Å². The van der Waals surface area contributed by atoms with Crippen LogP contribution in [0.25, 0.3) is 20.9 Å². The smallest absolute Gasteiger partial charge is 0.0846 e. The van der Waals surface area contributed by atoms with Crippen LogP contribution in [-0.2, 0) is 0 Å². The first-order valence-corrected chi connectivity index (χ1v) is 3.93. The summed E-state index contributed by atoms with van der Waals surface area (Å²) in [7, 11) is 0. The molecule has 0 saturated carbocycles. The lowest BCUT2D eigenvalue weighted by atomic mass is 10.2. The van der Waals surface area contributed by atoms with E-state index < -0.39 is 6.17 Å². The Balaban J connectivity index is 3.78. The van der Waals surface area contributed by atoms with Crippen molar-refractivity contribution in [2.24, 2.45) is 10.2 Å². The van der Waals surface area contributed by atoms with E-state index in [0.29, 0.717) is 6.42 Å². The fraction of sp³-hybridized carbons (Fsp3) is 1.00. The van der Waals surface area contributed by atoms with E-state index >= 15 is 0 Å².